The van der Waals surface area contributed by atoms with Gasteiger partial charge in [0.15, 0.2) is 0 Å². The van der Waals surface area contributed by atoms with Gasteiger partial charge in [-0.2, -0.15) is 0 Å². The van der Waals surface area contributed by atoms with Crippen LogP contribution >= 0.6 is 11.8 Å². The lowest BCUT2D eigenvalue weighted by Gasteiger charge is -2.45. The second-order valence-electron chi connectivity index (χ2n) is 12.3. The molecular formula is C37H31BO3S. The molecule has 0 N–H and O–H groups in total. The molecule has 1 atom stereocenters. The molecule has 1 spiro atoms. The lowest BCUT2D eigenvalue weighted by Crippen LogP contribution is -2.42. The summed E-state index contributed by atoms with van der Waals surface area (Å²) in [6, 6.07) is 41.1. The highest BCUT2D eigenvalue weighted by Gasteiger charge is 2.55. The monoisotopic (exact) mass is 566 g/mol. The van der Waals surface area contributed by atoms with Crippen molar-refractivity contribution in [3.63, 3.8) is 0 Å². The van der Waals surface area contributed by atoms with Crippen LogP contribution in [0.1, 0.15) is 49.9 Å². The molecule has 3 heterocycles. The molecule has 1 unspecified atom stereocenters. The van der Waals surface area contributed by atoms with Gasteiger partial charge in [-0.3, -0.25) is 0 Å². The molecule has 5 aromatic carbocycles. The first kappa shape index (κ1) is 25.9. The predicted octanol–water partition coefficient (Wildman–Crippen LogP) is 8.61. The molecule has 5 heteroatoms. The summed E-state index contributed by atoms with van der Waals surface area (Å²) >= 11 is 1.81. The zero-order chi connectivity index (χ0) is 28.7. The van der Waals surface area contributed by atoms with Crippen molar-refractivity contribution in [3.8, 4) is 22.6 Å². The highest BCUT2D eigenvalue weighted by molar-refractivity contribution is 7.99. The van der Waals surface area contributed by atoms with Gasteiger partial charge in [-0.25, -0.2) is 0 Å². The van der Waals surface area contributed by atoms with E-state index in [4.69, 9.17) is 14.0 Å². The van der Waals surface area contributed by atoms with Crippen LogP contribution in [0.2, 0.25) is 0 Å². The van der Waals surface area contributed by atoms with Gasteiger partial charge >= 0.3 is 7.12 Å². The fraction of sp³-hybridized carbons (Fsp3) is 0.189. The summed E-state index contributed by atoms with van der Waals surface area (Å²) in [6.45, 7) is 8.45. The van der Waals surface area contributed by atoms with Crippen molar-refractivity contribution in [1.82, 2.24) is 0 Å². The molecular weight excluding hydrogens is 535 g/mol. The maximum absolute atomic E-state index is 6.73. The average molecular weight is 567 g/mol. The molecule has 0 bridgehead atoms. The van der Waals surface area contributed by atoms with Crippen LogP contribution in [-0.4, -0.2) is 18.3 Å². The van der Waals surface area contributed by atoms with Crippen LogP contribution in [0.3, 0.4) is 0 Å². The Morgan fingerprint density at radius 2 is 1.19 bits per heavy atom. The van der Waals surface area contributed by atoms with E-state index in [1.165, 1.54) is 26.5 Å². The molecule has 0 aliphatic carbocycles. The first-order chi connectivity index (χ1) is 20.3. The largest absolute Gasteiger partial charge is 0.496 e. The van der Waals surface area contributed by atoms with Crippen molar-refractivity contribution in [1.29, 1.82) is 0 Å². The Bertz CT molecular complexity index is 1840. The van der Waals surface area contributed by atoms with Crippen LogP contribution in [0.25, 0.3) is 11.1 Å². The van der Waals surface area contributed by atoms with Crippen LogP contribution in [0, 0.1) is 0 Å². The molecule has 3 aliphatic heterocycles. The third-order valence-electron chi connectivity index (χ3n) is 9.46. The predicted molar refractivity (Wildman–Crippen MR) is 170 cm³/mol. The number of benzene rings is 5. The molecule has 0 saturated carbocycles. The van der Waals surface area contributed by atoms with Crippen LogP contribution < -0.4 is 10.2 Å². The lowest BCUT2D eigenvalue weighted by molar-refractivity contribution is 0.00578. The Hall–Kier alpha value is -3.77. The van der Waals surface area contributed by atoms with Crippen molar-refractivity contribution in [2.24, 2.45) is 0 Å². The highest BCUT2D eigenvalue weighted by Crippen LogP contribution is 2.61. The summed E-state index contributed by atoms with van der Waals surface area (Å²) in [7, 11) is -0.463. The number of ether oxygens (including phenoxy) is 1. The van der Waals surface area contributed by atoms with Gasteiger partial charge in [-0.1, -0.05) is 109 Å². The Labute approximate surface area is 252 Å². The molecule has 3 nitrogen and oxygen atoms in total. The summed E-state index contributed by atoms with van der Waals surface area (Å²) in [5, 5.41) is 0. The van der Waals surface area contributed by atoms with E-state index in [1.54, 1.807) is 0 Å². The van der Waals surface area contributed by atoms with E-state index in [2.05, 4.69) is 143 Å². The number of para-hydroxylation sites is 1. The molecule has 42 heavy (non-hydrogen) atoms. The van der Waals surface area contributed by atoms with E-state index in [1.807, 2.05) is 11.8 Å². The van der Waals surface area contributed by atoms with Crippen molar-refractivity contribution >= 4 is 24.3 Å². The summed E-state index contributed by atoms with van der Waals surface area (Å²) in [6.07, 6.45) is 0. The second-order valence-corrected chi connectivity index (χ2v) is 13.4. The van der Waals surface area contributed by atoms with Gasteiger partial charge in [0.2, 0.25) is 0 Å². The van der Waals surface area contributed by atoms with Crippen molar-refractivity contribution in [3.05, 3.63) is 138 Å². The summed E-state index contributed by atoms with van der Waals surface area (Å²) < 4.78 is 20.0. The Morgan fingerprint density at radius 3 is 1.98 bits per heavy atom. The van der Waals surface area contributed by atoms with Gasteiger partial charge in [0, 0.05) is 20.9 Å². The average Bonchev–Trinajstić information content (AvgIpc) is 3.23. The fourth-order valence-corrected chi connectivity index (χ4v) is 7.99. The minimum absolute atomic E-state index is 0.430. The number of hydrogen-bond acceptors (Lipinski definition) is 4. The van der Waals surface area contributed by atoms with Gasteiger partial charge in [-0.05, 0) is 73.6 Å². The van der Waals surface area contributed by atoms with E-state index >= 15 is 0 Å². The Balaban J connectivity index is 1.43. The molecule has 8 rings (SSSR count). The zero-order valence-electron chi connectivity index (χ0n) is 24.2. The first-order valence-corrected chi connectivity index (χ1v) is 15.3. The van der Waals surface area contributed by atoms with Gasteiger partial charge in [0.25, 0.3) is 0 Å². The minimum Gasteiger partial charge on any atom is -0.457 e. The molecule has 5 aromatic rings. The van der Waals surface area contributed by atoms with Crippen LogP contribution in [-0.2, 0) is 14.7 Å². The second kappa shape index (κ2) is 9.12. The number of hydrogen-bond donors (Lipinski definition) is 0. The normalized spacial score (nSPS) is 20.7. The molecule has 0 amide bonds. The van der Waals surface area contributed by atoms with E-state index < -0.39 is 23.7 Å². The van der Waals surface area contributed by atoms with Gasteiger partial charge in [0.05, 0.1) is 16.6 Å². The molecule has 206 valence electrons. The zero-order valence-corrected chi connectivity index (χ0v) is 25.0. The number of fused-ring (bicyclic) bond motifs is 8. The van der Waals surface area contributed by atoms with Crippen molar-refractivity contribution in [2.75, 3.05) is 0 Å². The van der Waals surface area contributed by atoms with Crippen LogP contribution in [0.5, 0.6) is 11.5 Å². The SMILES string of the molecule is CC1(C)OB(c2cccc3c2Sc2ccccc2C32c3ccccc3Oc3cc(-c4ccccc4)ccc32)OC1(C)C. The van der Waals surface area contributed by atoms with Gasteiger partial charge < -0.3 is 14.0 Å². The topological polar surface area (TPSA) is 27.7 Å². The Morgan fingerprint density at radius 1 is 0.548 bits per heavy atom. The lowest BCUT2D eigenvalue weighted by atomic mass is 9.62. The van der Waals surface area contributed by atoms with Crippen LogP contribution in [0.4, 0.5) is 0 Å². The summed E-state index contributed by atoms with van der Waals surface area (Å²) in [5.74, 6) is 1.76. The van der Waals surface area contributed by atoms with Crippen LogP contribution in [0.15, 0.2) is 125 Å². The quantitative estimate of drug-likeness (QED) is 0.196. The van der Waals surface area contributed by atoms with Crippen molar-refractivity contribution < 1.29 is 14.0 Å². The maximum Gasteiger partial charge on any atom is 0.496 e. The molecule has 1 fully saturated rings. The summed E-state index contributed by atoms with van der Waals surface area (Å²) in [4.78, 5) is 2.41. The maximum atomic E-state index is 6.73. The van der Waals surface area contributed by atoms with Gasteiger partial charge in [-0.15, -0.1) is 0 Å². The third kappa shape index (κ3) is 3.57. The fourth-order valence-electron chi connectivity index (χ4n) is 6.68. The van der Waals surface area contributed by atoms with E-state index in [0.717, 1.165) is 33.7 Å². The molecule has 0 radical (unpaired) electrons. The first-order valence-electron chi connectivity index (χ1n) is 14.5. The van der Waals surface area contributed by atoms with Gasteiger partial charge in [0.1, 0.15) is 11.5 Å². The molecule has 1 saturated heterocycles. The molecule has 0 aromatic heterocycles. The van der Waals surface area contributed by atoms with E-state index in [9.17, 15) is 0 Å². The standard InChI is InChI=1S/C37H31BO3S/c1-35(2)36(3,4)41-38(40-35)30-18-12-17-29-34(30)42-33-20-11-9-16-28(33)37(29)26-15-8-10-19-31(26)39-32-23-25(21-22-27(32)37)24-13-6-5-7-14-24/h5-23H,1-4H3. The van der Waals surface area contributed by atoms with E-state index in [-0.39, 0.29) is 0 Å². The van der Waals surface area contributed by atoms with E-state index in [0.29, 0.717) is 0 Å². The smallest absolute Gasteiger partial charge is 0.457 e. The Kier molecular flexibility index (Phi) is 5.62. The van der Waals surface area contributed by atoms with Crippen molar-refractivity contribution in [2.45, 2.75) is 54.1 Å². The third-order valence-corrected chi connectivity index (χ3v) is 10.7. The number of rotatable bonds is 2. The summed E-state index contributed by atoms with van der Waals surface area (Å²) in [5.41, 5.74) is 6.70. The minimum atomic E-state index is -0.573. The highest BCUT2D eigenvalue weighted by atomic mass is 32.2. The molecule has 3 aliphatic rings.